The van der Waals surface area contributed by atoms with Crippen molar-refractivity contribution < 1.29 is 5.11 Å². The van der Waals surface area contributed by atoms with Crippen molar-refractivity contribution in [3.63, 3.8) is 0 Å². The first-order valence-corrected chi connectivity index (χ1v) is 6.66. The molecule has 0 spiro atoms. The molecule has 0 aliphatic rings. The Balaban J connectivity index is 0. The van der Waals surface area contributed by atoms with Gasteiger partial charge in [0.05, 0.1) is 6.10 Å². The molecule has 0 aromatic heterocycles. The third-order valence-electron chi connectivity index (χ3n) is 2.65. The summed E-state index contributed by atoms with van der Waals surface area (Å²) in [6, 6.07) is 0. The molecule has 0 aromatic carbocycles. The first-order valence-electron chi connectivity index (χ1n) is 6.66. The summed E-state index contributed by atoms with van der Waals surface area (Å²) < 4.78 is 0. The zero-order valence-electron chi connectivity index (χ0n) is 11.0. The van der Waals surface area contributed by atoms with Crippen LogP contribution in [-0.2, 0) is 0 Å². The van der Waals surface area contributed by atoms with Crippen LogP contribution in [0.3, 0.4) is 0 Å². The SMILES string of the molecule is CCCCCCCCCCNCC(C)O.Cl. The Morgan fingerprint density at radius 2 is 1.44 bits per heavy atom. The topological polar surface area (TPSA) is 32.3 Å². The summed E-state index contributed by atoms with van der Waals surface area (Å²) in [7, 11) is 0. The van der Waals surface area contributed by atoms with Gasteiger partial charge in [-0.05, 0) is 19.9 Å². The normalized spacial score (nSPS) is 12.2. The quantitative estimate of drug-likeness (QED) is 0.551. The van der Waals surface area contributed by atoms with Gasteiger partial charge in [-0.3, -0.25) is 0 Å². The maximum absolute atomic E-state index is 9.01. The number of hydrogen-bond donors (Lipinski definition) is 2. The second-order valence-electron chi connectivity index (χ2n) is 4.53. The second-order valence-corrected chi connectivity index (χ2v) is 4.53. The molecule has 0 fully saturated rings. The van der Waals surface area contributed by atoms with Crippen molar-refractivity contribution in [3.05, 3.63) is 0 Å². The van der Waals surface area contributed by atoms with E-state index in [0.29, 0.717) is 0 Å². The second kappa shape index (κ2) is 15.2. The van der Waals surface area contributed by atoms with Crippen molar-refractivity contribution in [3.8, 4) is 0 Å². The van der Waals surface area contributed by atoms with Crippen LogP contribution in [0.5, 0.6) is 0 Å². The van der Waals surface area contributed by atoms with Gasteiger partial charge in [-0.25, -0.2) is 0 Å². The number of aliphatic hydroxyl groups excluding tert-OH is 1. The molecule has 0 saturated carbocycles. The monoisotopic (exact) mass is 251 g/mol. The van der Waals surface area contributed by atoms with E-state index in [1.807, 2.05) is 6.92 Å². The van der Waals surface area contributed by atoms with Gasteiger partial charge < -0.3 is 10.4 Å². The maximum atomic E-state index is 9.01. The average molecular weight is 252 g/mol. The molecule has 1 unspecified atom stereocenters. The number of halogens is 1. The molecular formula is C13H30ClNO. The van der Waals surface area contributed by atoms with Crippen LogP contribution < -0.4 is 5.32 Å². The molecule has 0 aromatic rings. The third kappa shape index (κ3) is 16.6. The van der Waals surface area contributed by atoms with Crippen LogP contribution in [0, 0.1) is 0 Å². The molecule has 0 radical (unpaired) electrons. The van der Waals surface area contributed by atoms with Crippen LogP contribution in [0.1, 0.15) is 65.2 Å². The van der Waals surface area contributed by atoms with Gasteiger partial charge in [0.15, 0.2) is 0 Å². The molecule has 0 saturated heterocycles. The summed E-state index contributed by atoms with van der Waals surface area (Å²) in [6.45, 7) is 5.87. The molecule has 0 heterocycles. The zero-order chi connectivity index (χ0) is 11.4. The molecule has 1 atom stereocenters. The van der Waals surface area contributed by atoms with Gasteiger partial charge in [-0.2, -0.15) is 0 Å². The standard InChI is InChI=1S/C13H29NO.ClH/c1-3-4-5-6-7-8-9-10-11-14-12-13(2)15;/h13-15H,3-12H2,1-2H3;1H. The molecule has 16 heavy (non-hydrogen) atoms. The highest BCUT2D eigenvalue weighted by molar-refractivity contribution is 5.85. The molecule has 3 heteroatoms. The summed E-state index contributed by atoms with van der Waals surface area (Å²) in [4.78, 5) is 0. The molecular weight excluding hydrogens is 222 g/mol. The van der Waals surface area contributed by atoms with Crippen LogP contribution in [0.2, 0.25) is 0 Å². The lowest BCUT2D eigenvalue weighted by atomic mass is 10.1. The van der Waals surface area contributed by atoms with Gasteiger partial charge in [0, 0.05) is 6.54 Å². The van der Waals surface area contributed by atoms with E-state index in [1.165, 1.54) is 51.4 Å². The zero-order valence-corrected chi connectivity index (χ0v) is 11.8. The van der Waals surface area contributed by atoms with E-state index in [4.69, 9.17) is 5.11 Å². The van der Waals surface area contributed by atoms with E-state index in [2.05, 4.69) is 12.2 Å². The minimum Gasteiger partial charge on any atom is -0.392 e. The highest BCUT2D eigenvalue weighted by Gasteiger charge is 1.94. The lowest BCUT2D eigenvalue weighted by Gasteiger charge is -2.06. The first kappa shape index (κ1) is 18.6. The molecule has 0 aliphatic carbocycles. The Morgan fingerprint density at radius 1 is 0.938 bits per heavy atom. The number of rotatable bonds is 11. The van der Waals surface area contributed by atoms with Crippen LogP contribution >= 0.6 is 12.4 Å². The molecule has 0 aliphatic heterocycles. The Bertz CT molecular complexity index is 121. The van der Waals surface area contributed by atoms with Gasteiger partial charge in [0.1, 0.15) is 0 Å². The smallest absolute Gasteiger partial charge is 0.0636 e. The van der Waals surface area contributed by atoms with Crippen molar-refractivity contribution >= 4 is 12.4 Å². The number of nitrogens with one attached hydrogen (secondary N) is 1. The Morgan fingerprint density at radius 3 is 1.94 bits per heavy atom. The van der Waals surface area contributed by atoms with Crippen molar-refractivity contribution in [2.75, 3.05) is 13.1 Å². The van der Waals surface area contributed by atoms with E-state index < -0.39 is 0 Å². The first-order chi connectivity index (χ1) is 7.27. The van der Waals surface area contributed by atoms with E-state index in [9.17, 15) is 0 Å². The van der Waals surface area contributed by atoms with Gasteiger partial charge in [0.25, 0.3) is 0 Å². The largest absolute Gasteiger partial charge is 0.392 e. The van der Waals surface area contributed by atoms with Gasteiger partial charge in [-0.1, -0.05) is 51.9 Å². The van der Waals surface area contributed by atoms with Gasteiger partial charge >= 0.3 is 0 Å². The van der Waals surface area contributed by atoms with Crippen LogP contribution in [0.15, 0.2) is 0 Å². The number of unbranched alkanes of at least 4 members (excludes halogenated alkanes) is 7. The predicted octanol–water partition coefficient (Wildman–Crippen LogP) is 3.52. The summed E-state index contributed by atoms with van der Waals surface area (Å²) >= 11 is 0. The minimum atomic E-state index is -0.209. The molecule has 0 bridgehead atoms. The summed E-state index contributed by atoms with van der Waals surface area (Å²) in [5.74, 6) is 0. The van der Waals surface area contributed by atoms with E-state index >= 15 is 0 Å². The van der Waals surface area contributed by atoms with Crippen LogP contribution in [-0.4, -0.2) is 24.3 Å². The van der Waals surface area contributed by atoms with Gasteiger partial charge in [-0.15, -0.1) is 12.4 Å². The van der Waals surface area contributed by atoms with Crippen molar-refractivity contribution in [2.24, 2.45) is 0 Å². The lowest BCUT2D eigenvalue weighted by molar-refractivity contribution is 0.191. The minimum absolute atomic E-state index is 0. The van der Waals surface area contributed by atoms with E-state index in [1.54, 1.807) is 0 Å². The van der Waals surface area contributed by atoms with Crippen LogP contribution in [0.25, 0.3) is 0 Å². The fourth-order valence-corrected chi connectivity index (χ4v) is 1.69. The Kier molecular flexibility index (Phi) is 17.7. The molecule has 0 amide bonds. The summed E-state index contributed by atoms with van der Waals surface area (Å²) in [6.07, 6.45) is 10.7. The van der Waals surface area contributed by atoms with E-state index in [-0.39, 0.29) is 18.5 Å². The highest BCUT2D eigenvalue weighted by Crippen LogP contribution is 2.07. The maximum Gasteiger partial charge on any atom is 0.0636 e. The van der Waals surface area contributed by atoms with Gasteiger partial charge in [0.2, 0.25) is 0 Å². The highest BCUT2D eigenvalue weighted by atomic mass is 35.5. The number of aliphatic hydroxyl groups is 1. The lowest BCUT2D eigenvalue weighted by Crippen LogP contribution is -2.25. The predicted molar refractivity (Wildman–Crippen MR) is 74.4 cm³/mol. The fraction of sp³-hybridized carbons (Fsp3) is 1.00. The molecule has 2 N–H and O–H groups in total. The molecule has 100 valence electrons. The fourth-order valence-electron chi connectivity index (χ4n) is 1.69. The van der Waals surface area contributed by atoms with E-state index in [0.717, 1.165) is 13.1 Å². The molecule has 2 nitrogen and oxygen atoms in total. The summed E-state index contributed by atoms with van der Waals surface area (Å²) in [5, 5.41) is 12.3. The van der Waals surface area contributed by atoms with Crippen LogP contribution in [0.4, 0.5) is 0 Å². The van der Waals surface area contributed by atoms with Crippen molar-refractivity contribution in [2.45, 2.75) is 71.3 Å². The average Bonchev–Trinajstić information content (AvgIpc) is 2.20. The van der Waals surface area contributed by atoms with Crippen molar-refractivity contribution in [1.29, 1.82) is 0 Å². The summed E-state index contributed by atoms with van der Waals surface area (Å²) in [5.41, 5.74) is 0. The number of hydrogen-bond acceptors (Lipinski definition) is 2. The third-order valence-corrected chi connectivity index (χ3v) is 2.65. The Hall–Kier alpha value is 0.210. The van der Waals surface area contributed by atoms with Crippen molar-refractivity contribution in [1.82, 2.24) is 5.32 Å². The molecule has 0 rings (SSSR count). The Labute approximate surface area is 108 Å².